The van der Waals surface area contributed by atoms with Crippen molar-refractivity contribution in [1.82, 2.24) is 19.8 Å². The van der Waals surface area contributed by atoms with E-state index in [9.17, 15) is 26.7 Å². The Labute approximate surface area is 197 Å². The third-order valence-corrected chi connectivity index (χ3v) is 6.38. The molecule has 0 fully saturated rings. The van der Waals surface area contributed by atoms with Gasteiger partial charge in [0, 0.05) is 18.8 Å². The minimum atomic E-state index is -4.83. The van der Waals surface area contributed by atoms with Crippen molar-refractivity contribution in [3.05, 3.63) is 84.3 Å². The number of aromatic nitrogens is 2. The smallest absolute Gasteiger partial charge is 0.492 e. The molecule has 14 heteroatoms. The van der Waals surface area contributed by atoms with Gasteiger partial charge in [0.1, 0.15) is 11.4 Å². The van der Waals surface area contributed by atoms with Crippen LogP contribution in [0.25, 0.3) is 5.70 Å². The first kappa shape index (κ1) is 22.6. The molecule has 10 nitrogen and oxygen atoms in total. The van der Waals surface area contributed by atoms with Crippen molar-refractivity contribution >= 4 is 27.1 Å². The number of hydrogen-bond donors (Lipinski definition) is 3. The normalized spacial score (nSPS) is 15.6. The van der Waals surface area contributed by atoms with Crippen molar-refractivity contribution in [2.75, 3.05) is 10.0 Å². The number of benzene rings is 2. The van der Waals surface area contributed by atoms with E-state index in [0.717, 1.165) is 12.1 Å². The SMILES string of the molecule is Cn1cnc(S(=O)(=O)NC2=CC3=C(O)N(c4ccc(OC(F)(F)F)cc4)NN3c3ccccc32)c1. The first-order chi connectivity index (χ1) is 16.5. The minimum absolute atomic E-state index is 0.175. The fourth-order valence-electron chi connectivity index (χ4n) is 3.63. The van der Waals surface area contributed by atoms with Crippen LogP contribution in [0.2, 0.25) is 0 Å². The van der Waals surface area contributed by atoms with E-state index in [4.69, 9.17) is 0 Å². The second kappa shape index (κ2) is 7.95. The van der Waals surface area contributed by atoms with Crippen molar-refractivity contribution in [3.63, 3.8) is 0 Å². The van der Waals surface area contributed by atoms with Gasteiger partial charge in [-0.3, -0.25) is 9.73 Å². The number of aryl methyl sites for hydroxylation is 1. The highest BCUT2D eigenvalue weighted by Crippen LogP contribution is 2.39. The summed E-state index contributed by atoms with van der Waals surface area (Å²) in [5.41, 5.74) is 4.69. The Morgan fingerprint density at radius 2 is 1.80 bits per heavy atom. The Kier molecular flexibility index (Phi) is 5.14. The fourth-order valence-corrected chi connectivity index (χ4v) is 4.68. The van der Waals surface area contributed by atoms with Crippen LogP contribution in [0.5, 0.6) is 5.75 Å². The van der Waals surface area contributed by atoms with Gasteiger partial charge in [-0.15, -0.1) is 18.7 Å². The van der Waals surface area contributed by atoms with Crippen molar-refractivity contribution < 1.29 is 31.4 Å². The lowest BCUT2D eigenvalue weighted by molar-refractivity contribution is -0.274. The minimum Gasteiger partial charge on any atom is -0.492 e. The topological polar surface area (TPSA) is 112 Å². The third kappa shape index (κ3) is 4.24. The standard InChI is InChI=1S/C21H17F3N6O4S/c1-28-11-19(25-12-28)35(32,33)26-16-10-18-20(31)29(27-30(18)17-5-3-2-4-15(16)17)13-6-8-14(9-7-13)34-21(22,23)24/h2-12,26-27,31H,1H3. The zero-order chi connectivity index (χ0) is 25.0. The van der Waals surface area contributed by atoms with Gasteiger partial charge in [0.2, 0.25) is 5.88 Å². The number of halogens is 3. The molecule has 3 aromatic rings. The van der Waals surface area contributed by atoms with E-state index in [1.807, 2.05) is 0 Å². The summed E-state index contributed by atoms with van der Waals surface area (Å²) in [5, 5.41) is 13.5. The van der Waals surface area contributed by atoms with E-state index in [0.29, 0.717) is 16.9 Å². The van der Waals surface area contributed by atoms with Crippen molar-refractivity contribution in [2.45, 2.75) is 11.4 Å². The van der Waals surface area contributed by atoms with Crippen LogP contribution in [0.4, 0.5) is 24.5 Å². The number of hydrogen-bond acceptors (Lipinski definition) is 8. The predicted octanol–water partition coefficient (Wildman–Crippen LogP) is 3.13. The molecule has 0 atom stereocenters. The number of nitrogens with one attached hydrogen (secondary N) is 2. The molecule has 5 rings (SSSR count). The lowest BCUT2D eigenvalue weighted by Crippen LogP contribution is -2.43. The molecule has 0 bridgehead atoms. The van der Waals surface area contributed by atoms with Gasteiger partial charge < -0.3 is 14.4 Å². The number of ether oxygens (including phenoxy) is 1. The molecule has 0 radical (unpaired) electrons. The highest BCUT2D eigenvalue weighted by Gasteiger charge is 2.36. The average molecular weight is 506 g/mol. The Morgan fingerprint density at radius 3 is 2.46 bits per heavy atom. The lowest BCUT2D eigenvalue weighted by atomic mass is 10.0. The van der Waals surface area contributed by atoms with Crippen LogP contribution in [0.15, 0.2) is 83.7 Å². The van der Waals surface area contributed by atoms with Crippen LogP contribution >= 0.6 is 0 Å². The summed E-state index contributed by atoms with van der Waals surface area (Å²) in [6.07, 6.45) is -0.679. The van der Waals surface area contributed by atoms with E-state index in [2.05, 4.69) is 20.0 Å². The summed E-state index contributed by atoms with van der Waals surface area (Å²) < 4.78 is 71.0. The van der Waals surface area contributed by atoms with Crippen LogP contribution in [0.3, 0.4) is 0 Å². The van der Waals surface area contributed by atoms with E-state index in [1.165, 1.54) is 45.3 Å². The van der Waals surface area contributed by atoms with Crippen molar-refractivity contribution in [2.24, 2.45) is 7.05 Å². The molecule has 2 aliphatic rings. The van der Waals surface area contributed by atoms with E-state index >= 15 is 0 Å². The van der Waals surface area contributed by atoms with E-state index in [-0.39, 0.29) is 22.3 Å². The quantitative estimate of drug-likeness (QED) is 0.484. The van der Waals surface area contributed by atoms with Crippen molar-refractivity contribution in [1.29, 1.82) is 0 Å². The first-order valence-corrected chi connectivity index (χ1v) is 11.5. The lowest BCUT2D eigenvalue weighted by Gasteiger charge is -2.29. The number of imidazole rings is 1. The maximum absolute atomic E-state index is 12.9. The molecule has 0 saturated carbocycles. The van der Waals surface area contributed by atoms with Crippen LogP contribution in [0.1, 0.15) is 5.56 Å². The van der Waals surface area contributed by atoms with Crippen LogP contribution in [-0.4, -0.2) is 29.4 Å². The Morgan fingerprint density at radius 1 is 1.09 bits per heavy atom. The fraction of sp³-hybridized carbons (Fsp3) is 0.0952. The van der Waals surface area contributed by atoms with E-state index < -0.39 is 22.1 Å². The Balaban J connectivity index is 1.50. The zero-order valence-electron chi connectivity index (χ0n) is 17.9. The molecule has 0 saturated heterocycles. The maximum atomic E-state index is 12.9. The molecule has 182 valence electrons. The number of sulfonamides is 1. The van der Waals surface area contributed by atoms with Gasteiger partial charge in [0.15, 0.2) is 5.03 Å². The predicted molar refractivity (Wildman–Crippen MR) is 119 cm³/mol. The van der Waals surface area contributed by atoms with Gasteiger partial charge in [-0.1, -0.05) is 18.2 Å². The number of allylic oxidation sites excluding steroid dienone is 1. The second-order valence-corrected chi connectivity index (χ2v) is 9.21. The van der Waals surface area contributed by atoms with Gasteiger partial charge >= 0.3 is 6.36 Å². The molecule has 0 unspecified atom stereocenters. The molecule has 0 aliphatic carbocycles. The maximum Gasteiger partial charge on any atom is 0.573 e. The van der Waals surface area contributed by atoms with Crippen molar-refractivity contribution in [3.8, 4) is 5.75 Å². The second-order valence-electron chi connectivity index (χ2n) is 7.58. The number of rotatable bonds is 5. The summed E-state index contributed by atoms with van der Waals surface area (Å²) in [6, 6.07) is 11.7. The van der Waals surface area contributed by atoms with Gasteiger partial charge in [-0.25, -0.2) is 9.99 Å². The largest absolute Gasteiger partial charge is 0.573 e. The highest BCUT2D eigenvalue weighted by atomic mass is 32.2. The summed E-state index contributed by atoms with van der Waals surface area (Å²) in [4.78, 5) is 3.88. The Hall–Kier alpha value is -4.17. The number of fused-ring (bicyclic) bond motifs is 3. The number of aliphatic hydroxyl groups excluding tert-OH is 1. The molecule has 0 amide bonds. The summed E-state index contributed by atoms with van der Waals surface area (Å²) in [7, 11) is -2.38. The van der Waals surface area contributed by atoms with Gasteiger partial charge in [0.05, 0.1) is 23.4 Å². The summed E-state index contributed by atoms with van der Waals surface area (Å²) in [5.74, 6) is -0.722. The average Bonchev–Trinajstić information content (AvgIpc) is 3.38. The highest BCUT2D eigenvalue weighted by molar-refractivity contribution is 7.89. The number of hydrazine groups is 2. The molecule has 2 aliphatic heterocycles. The molecule has 35 heavy (non-hydrogen) atoms. The molecule has 3 N–H and O–H groups in total. The Bertz CT molecular complexity index is 1460. The number of para-hydroxylation sites is 1. The third-order valence-electron chi connectivity index (χ3n) is 5.13. The number of alkyl halides is 3. The van der Waals surface area contributed by atoms with E-state index in [1.54, 1.807) is 31.3 Å². The zero-order valence-corrected chi connectivity index (χ0v) is 18.7. The summed E-state index contributed by atoms with van der Waals surface area (Å²) >= 11 is 0. The molecule has 2 aromatic carbocycles. The van der Waals surface area contributed by atoms with Crippen LogP contribution < -0.4 is 25.0 Å². The molecule has 1 aromatic heterocycles. The molecule has 3 heterocycles. The monoisotopic (exact) mass is 506 g/mol. The molecule has 0 spiro atoms. The van der Waals surface area contributed by atoms with Gasteiger partial charge in [-0.2, -0.15) is 8.42 Å². The number of anilines is 2. The van der Waals surface area contributed by atoms with Crippen LogP contribution in [-0.2, 0) is 17.1 Å². The van der Waals surface area contributed by atoms with Gasteiger partial charge in [-0.05, 0) is 36.4 Å². The van der Waals surface area contributed by atoms with Crippen LogP contribution in [0, 0.1) is 0 Å². The molecular formula is C21H17F3N6O4S. The summed E-state index contributed by atoms with van der Waals surface area (Å²) in [6.45, 7) is 0. The number of aliphatic hydroxyl groups is 1. The van der Waals surface area contributed by atoms with Gasteiger partial charge in [0.25, 0.3) is 10.0 Å². The first-order valence-electron chi connectivity index (χ1n) is 9.99. The molecular weight excluding hydrogens is 489 g/mol. The number of nitrogens with zero attached hydrogens (tertiary/aromatic N) is 4.